The topological polar surface area (TPSA) is 63.3 Å². The van der Waals surface area contributed by atoms with Gasteiger partial charge in [-0.25, -0.2) is 4.79 Å². The Labute approximate surface area is 118 Å². The molecule has 1 N–H and O–H groups in total. The molecule has 1 heterocycles. The Morgan fingerprint density at radius 1 is 1.20 bits per heavy atom. The van der Waals surface area contributed by atoms with Gasteiger partial charge >= 0.3 is 5.97 Å². The number of aromatic nitrogens is 1. The van der Waals surface area contributed by atoms with E-state index in [2.05, 4.69) is 5.16 Å². The quantitative estimate of drug-likeness (QED) is 0.919. The Balaban J connectivity index is 1.59. The van der Waals surface area contributed by atoms with Crippen molar-refractivity contribution in [2.75, 3.05) is 0 Å². The second-order valence-electron chi connectivity index (χ2n) is 7.16. The predicted octanol–water partition coefficient (Wildman–Crippen LogP) is 3.30. The maximum Gasteiger partial charge on any atom is 0.341 e. The zero-order chi connectivity index (χ0) is 13.9. The van der Waals surface area contributed by atoms with Crippen LogP contribution in [0.15, 0.2) is 4.52 Å². The summed E-state index contributed by atoms with van der Waals surface area (Å²) in [4.78, 5) is 11.4. The average molecular weight is 275 g/mol. The lowest BCUT2D eigenvalue weighted by molar-refractivity contribution is -0.0366. The summed E-state index contributed by atoms with van der Waals surface area (Å²) in [5.74, 6) is 3.66. The van der Waals surface area contributed by atoms with Gasteiger partial charge in [0.05, 0.1) is 5.69 Å². The third-order valence-corrected chi connectivity index (χ3v) is 6.00. The van der Waals surface area contributed by atoms with Crippen molar-refractivity contribution in [2.24, 2.45) is 29.6 Å². The summed E-state index contributed by atoms with van der Waals surface area (Å²) in [7, 11) is 0. The SMILES string of the molecule is Cc1onc(CC2C3CC4CC(C3)CC2C4)c1C(=O)O. The molecule has 1 aromatic heterocycles. The number of carboxylic acids is 1. The number of aryl methyl sites for hydroxylation is 1. The van der Waals surface area contributed by atoms with E-state index >= 15 is 0 Å². The van der Waals surface area contributed by atoms with Crippen molar-refractivity contribution in [3.8, 4) is 0 Å². The van der Waals surface area contributed by atoms with Crippen LogP contribution in [0.4, 0.5) is 0 Å². The minimum absolute atomic E-state index is 0.304. The Kier molecular flexibility index (Phi) is 2.69. The number of hydrogen-bond donors (Lipinski definition) is 1. The maximum absolute atomic E-state index is 11.4. The molecular weight excluding hydrogens is 254 g/mol. The second kappa shape index (κ2) is 4.34. The van der Waals surface area contributed by atoms with Crippen LogP contribution in [0.2, 0.25) is 0 Å². The lowest BCUT2D eigenvalue weighted by Crippen LogP contribution is -2.45. The van der Waals surface area contributed by atoms with Crippen LogP contribution in [0, 0.1) is 36.5 Å². The van der Waals surface area contributed by atoms with E-state index in [1.54, 1.807) is 6.92 Å². The highest BCUT2D eigenvalue weighted by atomic mass is 16.5. The zero-order valence-corrected chi connectivity index (χ0v) is 11.8. The lowest BCUT2D eigenvalue weighted by atomic mass is 9.51. The van der Waals surface area contributed by atoms with Gasteiger partial charge < -0.3 is 9.63 Å². The molecule has 0 saturated heterocycles. The molecule has 4 fully saturated rings. The van der Waals surface area contributed by atoms with Crippen molar-refractivity contribution in [3.63, 3.8) is 0 Å². The standard InChI is InChI=1S/C16H21NO3/c1-8-15(16(18)19)14(17-20-8)7-13-11-3-9-2-10(5-11)6-12(13)4-9/h9-13H,2-7H2,1H3,(H,18,19). The van der Waals surface area contributed by atoms with E-state index in [0.717, 1.165) is 30.1 Å². The largest absolute Gasteiger partial charge is 0.477 e. The average Bonchev–Trinajstić information content (AvgIpc) is 2.74. The Morgan fingerprint density at radius 3 is 2.35 bits per heavy atom. The van der Waals surface area contributed by atoms with Gasteiger partial charge in [0.15, 0.2) is 0 Å². The highest BCUT2D eigenvalue weighted by Gasteiger charge is 2.48. The normalized spacial score (nSPS) is 38.4. The Morgan fingerprint density at radius 2 is 1.80 bits per heavy atom. The van der Waals surface area contributed by atoms with Crippen molar-refractivity contribution in [2.45, 2.75) is 45.4 Å². The summed E-state index contributed by atoms with van der Waals surface area (Å²) in [6.45, 7) is 1.69. The van der Waals surface area contributed by atoms with E-state index in [0.29, 0.717) is 22.9 Å². The van der Waals surface area contributed by atoms with Crippen molar-refractivity contribution >= 4 is 5.97 Å². The monoisotopic (exact) mass is 275 g/mol. The first-order valence-corrected chi connectivity index (χ1v) is 7.80. The van der Waals surface area contributed by atoms with Gasteiger partial charge in [-0.15, -0.1) is 0 Å². The van der Waals surface area contributed by atoms with E-state index in [1.807, 2.05) is 0 Å². The van der Waals surface area contributed by atoms with Crippen LogP contribution in [0.5, 0.6) is 0 Å². The molecule has 0 amide bonds. The van der Waals surface area contributed by atoms with E-state index in [9.17, 15) is 9.90 Å². The molecule has 4 aliphatic rings. The second-order valence-corrected chi connectivity index (χ2v) is 7.16. The van der Waals surface area contributed by atoms with Crippen LogP contribution in [0.3, 0.4) is 0 Å². The van der Waals surface area contributed by atoms with Crippen molar-refractivity contribution in [3.05, 3.63) is 17.0 Å². The van der Waals surface area contributed by atoms with Crippen molar-refractivity contribution in [1.82, 2.24) is 5.16 Å². The number of nitrogens with zero attached hydrogens (tertiary/aromatic N) is 1. The van der Waals surface area contributed by atoms with E-state index in [1.165, 1.54) is 32.1 Å². The van der Waals surface area contributed by atoms with Crippen LogP contribution in [-0.2, 0) is 6.42 Å². The summed E-state index contributed by atoms with van der Waals surface area (Å²) in [6.07, 6.45) is 7.68. The summed E-state index contributed by atoms with van der Waals surface area (Å²) in [5, 5.41) is 13.3. The minimum atomic E-state index is -0.900. The molecule has 4 saturated carbocycles. The number of carboxylic acid groups (broad SMARTS) is 1. The van der Waals surface area contributed by atoms with Gasteiger partial charge in [-0.3, -0.25) is 0 Å². The molecule has 4 nitrogen and oxygen atoms in total. The number of rotatable bonds is 3. The Bertz CT molecular complexity index is 520. The van der Waals surface area contributed by atoms with Gasteiger partial charge in [-0.2, -0.15) is 0 Å². The predicted molar refractivity (Wildman–Crippen MR) is 72.4 cm³/mol. The van der Waals surface area contributed by atoms with Crippen LogP contribution >= 0.6 is 0 Å². The molecule has 5 rings (SSSR count). The van der Waals surface area contributed by atoms with E-state index < -0.39 is 5.97 Å². The summed E-state index contributed by atoms with van der Waals surface area (Å²) < 4.78 is 5.12. The third-order valence-electron chi connectivity index (χ3n) is 6.00. The molecule has 4 aliphatic carbocycles. The molecule has 20 heavy (non-hydrogen) atoms. The fourth-order valence-corrected chi connectivity index (χ4v) is 5.43. The summed E-state index contributed by atoms with van der Waals surface area (Å²) in [6, 6.07) is 0. The number of carbonyl (C=O) groups is 1. The van der Waals surface area contributed by atoms with Crippen molar-refractivity contribution < 1.29 is 14.4 Å². The van der Waals surface area contributed by atoms with E-state index in [4.69, 9.17) is 4.52 Å². The fraction of sp³-hybridized carbons (Fsp3) is 0.750. The van der Waals surface area contributed by atoms with Gasteiger partial charge in [0.2, 0.25) is 0 Å². The Hall–Kier alpha value is -1.32. The molecule has 0 atom stereocenters. The zero-order valence-electron chi connectivity index (χ0n) is 11.8. The fourth-order valence-electron chi connectivity index (χ4n) is 5.43. The maximum atomic E-state index is 11.4. The molecule has 0 spiro atoms. The molecule has 4 bridgehead atoms. The van der Waals surface area contributed by atoms with Gasteiger partial charge in [-0.1, -0.05) is 5.16 Å². The molecule has 0 radical (unpaired) electrons. The molecule has 0 aliphatic heterocycles. The van der Waals surface area contributed by atoms with E-state index in [-0.39, 0.29) is 0 Å². The number of hydrogen-bond acceptors (Lipinski definition) is 3. The highest BCUT2D eigenvalue weighted by Crippen LogP contribution is 2.57. The molecule has 1 aromatic rings. The first-order chi connectivity index (χ1) is 9.61. The molecular formula is C16H21NO3. The van der Waals surface area contributed by atoms with Gasteiger partial charge in [0.25, 0.3) is 0 Å². The minimum Gasteiger partial charge on any atom is -0.477 e. The van der Waals surface area contributed by atoms with Crippen LogP contribution in [0.25, 0.3) is 0 Å². The van der Waals surface area contributed by atoms with Gasteiger partial charge in [-0.05, 0) is 75.0 Å². The summed E-state index contributed by atoms with van der Waals surface area (Å²) in [5.41, 5.74) is 0.978. The summed E-state index contributed by atoms with van der Waals surface area (Å²) >= 11 is 0. The number of aromatic carboxylic acids is 1. The molecule has 108 valence electrons. The first kappa shape index (κ1) is 12.4. The first-order valence-electron chi connectivity index (χ1n) is 7.80. The van der Waals surface area contributed by atoms with Crippen LogP contribution in [0.1, 0.15) is 53.9 Å². The lowest BCUT2D eigenvalue weighted by Gasteiger charge is -2.54. The van der Waals surface area contributed by atoms with Crippen LogP contribution < -0.4 is 0 Å². The highest BCUT2D eigenvalue weighted by molar-refractivity contribution is 5.89. The third kappa shape index (κ3) is 1.80. The molecule has 0 aromatic carbocycles. The molecule has 0 unspecified atom stereocenters. The smallest absolute Gasteiger partial charge is 0.341 e. The van der Waals surface area contributed by atoms with Crippen molar-refractivity contribution in [1.29, 1.82) is 0 Å². The van der Waals surface area contributed by atoms with Gasteiger partial charge in [0.1, 0.15) is 11.3 Å². The molecule has 4 heteroatoms. The van der Waals surface area contributed by atoms with Gasteiger partial charge in [0, 0.05) is 0 Å². The van der Waals surface area contributed by atoms with Crippen LogP contribution in [-0.4, -0.2) is 16.2 Å².